The molecule has 1 unspecified atom stereocenters. The minimum absolute atomic E-state index is 0.0796. The average Bonchev–Trinajstić information content (AvgIpc) is 2.22. The number of benzene rings is 1. The van der Waals surface area contributed by atoms with Gasteiger partial charge in [-0.3, -0.25) is 9.69 Å². The van der Waals surface area contributed by atoms with Crippen LogP contribution in [0.4, 0.5) is 0 Å². The number of hydrogen-bond acceptors (Lipinski definition) is 3. The number of carboxylic acids is 1. The number of nitrogens with two attached hydrogens (primary N) is 1. The van der Waals surface area contributed by atoms with E-state index in [1.807, 2.05) is 18.2 Å². The first-order chi connectivity index (χ1) is 7.56. The molecule has 1 rings (SSSR count). The van der Waals surface area contributed by atoms with Gasteiger partial charge in [0.1, 0.15) is 6.04 Å². The second-order valence-electron chi connectivity index (χ2n) is 3.60. The molecule has 1 aromatic carbocycles. The van der Waals surface area contributed by atoms with Gasteiger partial charge in [0, 0.05) is 18.1 Å². The molecule has 0 aliphatic carbocycles. The summed E-state index contributed by atoms with van der Waals surface area (Å²) >= 11 is 5.99. The third kappa shape index (κ3) is 3.20. The van der Waals surface area contributed by atoms with Crippen LogP contribution in [0.2, 0.25) is 5.02 Å². The molecule has 0 amide bonds. The highest BCUT2D eigenvalue weighted by Gasteiger charge is 2.21. The summed E-state index contributed by atoms with van der Waals surface area (Å²) in [5.41, 5.74) is 6.31. The van der Waals surface area contributed by atoms with Gasteiger partial charge in [-0.05, 0) is 18.7 Å². The summed E-state index contributed by atoms with van der Waals surface area (Å²) in [7, 11) is 1.72. The minimum Gasteiger partial charge on any atom is -0.480 e. The maximum absolute atomic E-state index is 10.9. The summed E-state index contributed by atoms with van der Waals surface area (Å²) in [5.74, 6) is -0.919. The molecule has 0 aliphatic heterocycles. The van der Waals surface area contributed by atoms with Gasteiger partial charge in [-0.1, -0.05) is 29.8 Å². The van der Waals surface area contributed by atoms with Crippen molar-refractivity contribution in [3.8, 4) is 0 Å². The molecule has 1 atom stereocenters. The van der Waals surface area contributed by atoms with Crippen molar-refractivity contribution in [2.24, 2.45) is 5.73 Å². The molecule has 88 valence electrons. The van der Waals surface area contributed by atoms with Crippen LogP contribution in [0.5, 0.6) is 0 Å². The molecular weight excluding hydrogens is 228 g/mol. The molecule has 0 bridgehead atoms. The van der Waals surface area contributed by atoms with Gasteiger partial charge in [-0.25, -0.2) is 0 Å². The van der Waals surface area contributed by atoms with E-state index in [-0.39, 0.29) is 6.54 Å². The lowest BCUT2D eigenvalue weighted by atomic mass is 10.2. The van der Waals surface area contributed by atoms with Crippen molar-refractivity contribution >= 4 is 17.6 Å². The first-order valence-corrected chi connectivity index (χ1v) is 5.30. The number of aliphatic carboxylic acids is 1. The lowest BCUT2D eigenvalue weighted by molar-refractivity contribution is -0.142. The maximum atomic E-state index is 10.9. The van der Waals surface area contributed by atoms with Crippen LogP contribution in [0, 0.1) is 0 Å². The molecular formula is C11H15ClN2O2. The topological polar surface area (TPSA) is 66.6 Å². The van der Waals surface area contributed by atoms with Gasteiger partial charge in [0.25, 0.3) is 0 Å². The Morgan fingerprint density at radius 3 is 2.69 bits per heavy atom. The number of likely N-dealkylation sites (N-methyl/N-ethyl adjacent to an activating group) is 1. The van der Waals surface area contributed by atoms with Crippen molar-refractivity contribution in [2.45, 2.75) is 12.6 Å². The highest BCUT2D eigenvalue weighted by molar-refractivity contribution is 6.31. The van der Waals surface area contributed by atoms with Gasteiger partial charge < -0.3 is 10.8 Å². The van der Waals surface area contributed by atoms with Gasteiger partial charge >= 0.3 is 5.97 Å². The number of rotatable bonds is 5. The second-order valence-corrected chi connectivity index (χ2v) is 4.00. The summed E-state index contributed by atoms with van der Waals surface area (Å²) < 4.78 is 0. The average molecular weight is 243 g/mol. The van der Waals surface area contributed by atoms with Crippen molar-refractivity contribution in [2.75, 3.05) is 13.6 Å². The lowest BCUT2D eigenvalue weighted by Gasteiger charge is -2.23. The third-order valence-electron chi connectivity index (χ3n) is 2.42. The molecule has 0 aliphatic rings. The molecule has 0 heterocycles. The Bertz CT molecular complexity index is 371. The number of hydrogen-bond donors (Lipinski definition) is 2. The molecule has 16 heavy (non-hydrogen) atoms. The van der Waals surface area contributed by atoms with Crippen molar-refractivity contribution < 1.29 is 9.90 Å². The molecule has 0 saturated heterocycles. The minimum atomic E-state index is -0.919. The van der Waals surface area contributed by atoms with Crippen molar-refractivity contribution in [1.82, 2.24) is 4.90 Å². The van der Waals surface area contributed by atoms with E-state index in [2.05, 4.69) is 0 Å². The van der Waals surface area contributed by atoms with E-state index in [4.69, 9.17) is 22.4 Å². The third-order valence-corrected chi connectivity index (χ3v) is 2.79. The molecule has 0 radical (unpaired) electrons. The zero-order chi connectivity index (χ0) is 12.1. The Labute approximate surface area is 99.6 Å². The molecule has 1 aromatic rings. The van der Waals surface area contributed by atoms with Gasteiger partial charge in [0.2, 0.25) is 0 Å². The van der Waals surface area contributed by atoms with Crippen LogP contribution in [0.1, 0.15) is 5.56 Å². The zero-order valence-corrected chi connectivity index (χ0v) is 9.81. The van der Waals surface area contributed by atoms with E-state index in [1.165, 1.54) is 0 Å². The standard InChI is InChI=1S/C11H15ClN2O2/c1-14(10(6-13)11(15)16)7-8-4-2-3-5-9(8)12/h2-5,10H,6-7,13H2,1H3,(H,15,16). The van der Waals surface area contributed by atoms with Crippen LogP contribution < -0.4 is 5.73 Å². The lowest BCUT2D eigenvalue weighted by Crippen LogP contribution is -2.43. The summed E-state index contributed by atoms with van der Waals surface area (Å²) in [6.45, 7) is 0.546. The Morgan fingerprint density at radius 2 is 2.19 bits per heavy atom. The number of carboxylic acid groups (broad SMARTS) is 1. The second kappa shape index (κ2) is 5.84. The Kier molecular flexibility index (Phi) is 4.73. The number of halogens is 1. The smallest absolute Gasteiger partial charge is 0.322 e. The summed E-state index contributed by atoms with van der Waals surface area (Å²) in [4.78, 5) is 12.6. The summed E-state index contributed by atoms with van der Waals surface area (Å²) in [6, 6.07) is 6.67. The highest BCUT2D eigenvalue weighted by atomic mass is 35.5. The first-order valence-electron chi connectivity index (χ1n) is 4.92. The quantitative estimate of drug-likeness (QED) is 0.814. The fourth-order valence-corrected chi connectivity index (χ4v) is 1.67. The molecule has 3 N–H and O–H groups in total. The van der Waals surface area contributed by atoms with Crippen molar-refractivity contribution in [3.05, 3.63) is 34.9 Å². The summed E-state index contributed by atoms with van der Waals surface area (Å²) in [5, 5.41) is 9.57. The first kappa shape index (κ1) is 13.0. The highest BCUT2D eigenvalue weighted by Crippen LogP contribution is 2.17. The Hall–Kier alpha value is -1.10. The van der Waals surface area contributed by atoms with E-state index in [0.29, 0.717) is 11.6 Å². The van der Waals surface area contributed by atoms with E-state index in [0.717, 1.165) is 5.56 Å². The van der Waals surface area contributed by atoms with Crippen LogP contribution in [-0.2, 0) is 11.3 Å². The molecule has 5 heteroatoms. The number of nitrogens with zero attached hydrogens (tertiary/aromatic N) is 1. The van der Waals surface area contributed by atoms with Crippen LogP contribution in [0.3, 0.4) is 0 Å². The van der Waals surface area contributed by atoms with E-state index in [9.17, 15) is 4.79 Å². The zero-order valence-electron chi connectivity index (χ0n) is 9.06. The SMILES string of the molecule is CN(Cc1ccccc1Cl)C(CN)C(=O)O. The fraction of sp³-hybridized carbons (Fsp3) is 0.364. The number of carbonyl (C=O) groups is 1. The molecule has 4 nitrogen and oxygen atoms in total. The predicted molar refractivity (Wildman–Crippen MR) is 63.4 cm³/mol. The van der Waals surface area contributed by atoms with Crippen LogP contribution in [0.15, 0.2) is 24.3 Å². The Morgan fingerprint density at radius 1 is 1.56 bits per heavy atom. The maximum Gasteiger partial charge on any atom is 0.322 e. The van der Waals surface area contributed by atoms with Gasteiger partial charge in [0.05, 0.1) is 0 Å². The molecule has 0 spiro atoms. The van der Waals surface area contributed by atoms with E-state index >= 15 is 0 Å². The van der Waals surface area contributed by atoms with Crippen LogP contribution in [0.25, 0.3) is 0 Å². The van der Waals surface area contributed by atoms with Gasteiger partial charge in [0.15, 0.2) is 0 Å². The monoisotopic (exact) mass is 242 g/mol. The van der Waals surface area contributed by atoms with E-state index in [1.54, 1.807) is 18.0 Å². The predicted octanol–water partition coefficient (Wildman–Crippen LogP) is 1.18. The molecule has 0 fully saturated rings. The van der Waals surface area contributed by atoms with Crippen LogP contribution >= 0.6 is 11.6 Å². The largest absolute Gasteiger partial charge is 0.480 e. The fourth-order valence-electron chi connectivity index (χ4n) is 1.47. The van der Waals surface area contributed by atoms with Crippen LogP contribution in [-0.4, -0.2) is 35.6 Å². The van der Waals surface area contributed by atoms with Crippen molar-refractivity contribution in [1.29, 1.82) is 0 Å². The molecule has 0 saturated carbocycles. The molecule has 0 aromatic heterocycles. The van der Waals surface area contributed by atoms with E-state index < -0.39 is 12.0 Å². The Balaban J connectivity index is 2.74. The van der Waals surface area contributed by atoms with Gasteiger partial charge in [-0.2, -0.15) is 0 Å². The van der Waals surface area contributed by atoms with Gasteiger partial charge in [-0.15, -0.1) is 0 Å². The summed E-state index contributed by atoms with van der Waals surface area (Å²) in [6.07, 6.45) is 0. The van der Waals surface area contributed by atoms with Crippen molar-refractivity contribution in [3.63, 3.8) is 0 Å². The normalized spacial score (nSPS) is 12.8.